The Morgan fingerprint density at radius 3 is 2.56 bits per heavy atom. The smallest absolute Gasteiger partial charge is 0.323 e. The highest BCUT2D eigenvalue weighted by Crippen LogP contribution is 2.39. The number of nitrogens with zero attached hydrogens (tertiary/aromatic N) is 4. The third-order valence-corrected chi connectivity index (χ3v) is 7.01. The zero-order valence-corrected chi connectivity index (χ0v) is 20.2. The maximum absolute atomic E-state index is 13.7. The first-order chi connectivity index (χ1) is 15.9. The van der Waals surface area contributed by atoms with E-state index in [1.54, 1.807) is 42.1 Å². The van der Waals surface area contributed by atoms with E-state index >= 15 is 0 Å². The number of amides is 1. The first-order valence-corrected chi connectivity index (χ1v) is 12.3. The van der Waals surface area contributed by atoms with Gasteiger partial charge in [0.25, 0.3) is 13.4 Å². The molecule has 13 heteroatoms. The molecule has 1 aromatic carbocycles. The largest absolute Gasteiger partial charge is 0.480 e. The van der Waals surface area contributed by atoms with Gasteiger partial charge >= 0.3 is 5.97 Å². The SMILES string of the molecule is Cc1ccc(C(=O)NP(=O)(CO[C@H](C)Cn2cnc3c(N)ncnc32)NC(C)(C)C(=O)O)cc1. The molecule has 0 spiro atoms. The fourth-order valence-corrected chi connectivity index (χ4v) is 5.22. The van der Waals surface area contributed by atoms with Crippen molar-refractivity contribution < 1.29 is 24.0 Å². The zero-order valence-electron chi connectivity index (χ0n) is 19.3. The number of rotatable bonds is 10. The fourth-order valence-electron chi connectivity index (χ4n) is 3.12. The van der Waals surface area contributed by atoms with Gasteiger partial charge in [0.15, 0.2) is 11.5 Å². The molecule has 0 aliphatic carbocycles. The number of anilines is 1. The molecule has 3 aromatic rings. The number of carbonyl (C=O) groups excluding carboxylic acids is 1. The molecule has 0 aliphatic rings. The quantitative estimate of drug-likeness (QED) is 0.309. The van der Waals surface area contributed by atoms with Crippen LogP contribution in [0.4, 0.5) is 5.82 Å². The average molecular weight is 489 g/mol. The van der Waals surface area contributed by atoms with Crippen LogP contribution in [0.3, 0.4) is 0 Å². The predicted octanol–water partition coefficient (Wildman–Crippen LogP) is 2.16. The average Bonchev–Trinajstić information content (AvgIpc) is 3.16. The van der Waals surface area contributed by atoms with Crippen molar-refractivity contribution in [3.8, 4) is 0 Å². The van der Waals surface area contributed by atoms with Gasteiger partial charge in [-0.05, 0) is 39.8 Å². The van der Waals surface area contributed by atoms with E-state index in [2.05, 4.69) is 25.1 Å². The van der Waals surface area contributed by atoms with Gasteiger partial charge in [0.05, 0.1) is 19.0 Å². The minimum Gasteiger partial charge on any atom is -0.480 e. The number of nitrogens with one attached hydrogen (secondary N) is 2. The summed E-state index contributed by atoms with van der Waals surface area (Å²) >= 11 is 0. The van der Waals surface area contributed by atoms with Crippen LogP contribution < -0.4 is 15.9 Å². The summed E-state index contributed by atoms with van der Waals surface area (Å²) in [6.45, 7) is 6.62. The maximum Gasteiger partial charge on any atom is 0.323 e. The van der Waals surface area contributed by atoms with Gasteiger partial charge < -0.3 is 20.1 Å². The van der Waals surface area contributed by atoms with E-state index in [0.717, 1.165) is 5.56 Å². The van der Waals surface area contributed by atoms with Crippen LogP contribution in [0.5, 0.6) is 0 Å². The Balaban J connectivity index is 1.75. The molecule has 1 unspecified atom stereocenters. The predicted molar refractivity (Wildman–Crippen MR) is 126 cm³/mol. The molecule has 0 fully saturated rings. The van der Waals surface area contributed by atoms with Crippen molar-refractivity contribution in [3.63, 3.8) is 0 Å². The molecule has 2 heterocycles. The topological polar surface area (TPSA) is 174 Å². The van der Waals surface area contributed by atoms with Gasteiger partial charge in [-0.25, -0.2) is 20.0 Å². The first kappa shape index (κ1) is 25.3. The summed E-state index contributed by atoms with van der Waals surface area (Å²) in [7, 11) is -3.85. The van der Waals surface area contributed by atoms with Gasteiger partial charge in [-0.15, -0.1) is 0 Å². The monoisotopic (exact) mass is 489 g/mol. The van der Waals surface area contributed by atoms with Gasteiger partial charge in [0, 0.05) is 5.56 Å². The molecule has 5 N–H and O–H groups in total. The van der Waals surface area contributed by atoms with Gasteiger partial charge in [-0.3, -0.25) is 19.2 Å². The van der Waals surface area contributed by atoms with Gasteiger partial charge in [0.1, 0.15) is 23.7 Å². The number of imidazole rings is 1. The molecule has 12 nitrogen and oxygen atoms in total. The second kappa shape index (κ2) is 9.88. The molecule has 34 heavy (non-hydrogen) atoms. The van der Waals surface area contributed by atoms with Crippen molar-refractivity contribution in [1.82, 2.24) is 29.7 Å². The molecule has 1 amide bonds. The number of nitrogen functional groups attached to an aromatic ring is 1. The highest BCUT2D eigenvalue weighted by Gasteiger charge is 2.37. The lowest BCUT2D eigenvalue weighted by Gasteiger charge is -2.29. The number of carboxylic acid groups (broad SMARTS) is 1. The standard InChI is InChI=1S/C21H28N7O5P/c1-13-5-7-15(8-6-13)19(29)26-34(32,27-21(3,4)20(30)31)12-33-14(2)9-28-11-25-16-17(22)23-10-24-18(16)28/h5-8,10-11,14H,9,12H2,1-4H3,(H,30,31)(H2,22,23,24)(H2,26,27,29,32)/t14-,34?/m1/s1. The van der Waals surface area contributed by atoms with Gasteiger partial charge in [0.2, 0.25) is 0 Å². The van der Waals surface area contributed by atoms with Crippen molar-refractivity contribution in [2.45, 2.75) is 45.9 Å². The van der Waals surface area contributed by atoms with E-state index in [4.69, 9.17) is 10.5 Å². The number of carboxylic acids is 1. The van der Waals surface area contributed by atoms with Crippen LogP contribution >= 0.6 is 7.44 Å². The molecule has 0 saturated heterocycles. The van der Waals surface area contributed by atoms with Crippen LogP contribution in [-0.2, 0) is 20.6 Å². The number of hydrogen-bond acceptors (Lipinski definition) is 8. The third kappa shape index (κ3) is 5.96. The molecule has 0 aliphatic heterocycles. The first-order valence-electron chi connectivity index (χ1n) is 10.4. The Bertz CT molecular complexity index is 1240. The summed E-state index contributed by atoms with van der Waals surface area (Å²) in [6, 6.07) is 6.69. The van der Waals surface area contributed by atoms with Gasteiger partial charge in [-0.1, -0.05) is 17.7 Å². The van der Waals surface area contributed by atoms with E-state index in [1.807, 2.05) is 6.92 Å². The minimum atomic E-state index is -3.85. The fraction of sp³-hybridized carbons (Fsp3) is 0.381. The highest BCUT2D eigenvalue weighted by molar-refractivity contribution is 7.60. The van der Waals surface area contributed by atoms with E-state index < -0.39 is 37.3 Å². The van der Waals surface area contributed by atoms with Crippen LogP contribution in [0.1, 0.15) is 36.7 Å². The molecular formula is C21H28N7O5P. The number of hydrogen-bond donors (Lipinski definition) is 4. The number of aliphatic carboxylic acids is 1. The summed E-state index contributed by atoms with van der Waals surface area (Å²) < 4.78 is 21.2. The summed E-state index contributed by atoms with van der Waals surface area (Å²) in [4.78, 5) is 36.6. The lowest BCUT2D eigenvalue weighted by Crippen LogP contribution is -2.48. The normalized spacial score (nSPS) is 14.5. The number of ether oxygens (including phenoxy) is 1. The number of aryl methyl sites for hydroxylation is 1. The Morgan fingerprint density at radius 2 is 1.91 bits per heavy atom. The second-order valence-corrected chi connectivity index (χ2v) is 10.7. The molecule has 3 rings (SSSR count). The van der Waals surface area contributed by atoms with E-state index in [-0.39, 0.29) is 11.4 Å². The number of benzene rings is 1. The molecule has 0 bridgehead atoms. The summed E-state index contributed by atoms with van der Waals surface area (Å²) in [5, 5.41) is 14.5. The minimum absolute atomic E-state index is 0.251. The number of nitrogens with two attached hydrogens (primary N) is 1. The van der Waals surface area contributed by atoms with E-state index in [9.17, 15) is 19.3 Å². The maximum atomic E-state index is 13.7. The molecule has 0 saturated carbocycles. The van der Waals surface area contributed by atoms with Crippen LogP contribution in [-0.4, -0.2) is 54.5 Å². The lowest BCUT2D eigenvalue weighted by atomic mass is 10.1. The van der Waals surface area contributed by atoms with Crippen LogP contribution in [0, 0.1) is 6.92 Å². The molecule has 2 atom stereocenters. The number of carbonyl (C=O) groups is 2. The van der Waals surface area contributed by atoms with Crippen molar-refractivity contribution in [2.75, 3.05) is 12.1 Å². The van der Waals surface area contributed by atoms with Crippen LogP contribution in [0.15, 0.2) is 36.9 Å². The van der Waals surface area contributed by atoms with Crippen molar-refractivity contribution in [1.29, 1.82) is 0 Å². The Hall–Kier alpha value is -3.34. The summed E-state index contributed by atoms with van der Waals surface area (Å²) in [5.74, 6) is -1.59. The highest BCUT2D eigenvalue weighted by atomic mass is 31.2. The Labute approximate surface area is 196 Å². The lowest BCUT2D eigenvalue weighted by molar-refractivity contribution is -0.142. The second-order valence-electron chi connectivity index (χ2n) is 8.52. The zero-order chi connectivity index (χ0) is 25.1. The van der Waals surface area contributed by atoms with Crippen LogP contribution in [0.25, 0.3) is 11.2 Å². The Morgan fingerprint density at radius 1 is 1.24 bits per heavy atom. The summed E-state index contributed by atoms with van der Waals surface area (Å²) in [6.07, 6.45) is 1.94. The van der Waals surface area contributed by atoms with E-state index in [1.165, 1.54) is 20.2 Å². The number of aromatic nitrogens is 4. The third-order valence-electron chi connectivity index (χ3n) is 5.01. The van der Waals surface area contributed by atoms with Crippen molar-refractivity contribution >= 4 is 36.3 Å². The molecule has 182 valence electrons. The molecular weight excluding hydrogens is 461 g/mol. The summed E-state index contributed by atoms with van der Waals surface area (Å²) in [5.41, 5.74) is 6.44. The molecule has 2 aromatic heterocycles. The van der Waals surface area contributed by atoms with Crippen molar-refractivity contribution in [2.24, 2.45) is 0 Å². The van der Waals surface area contributed by atoms with Gasteiger partial charge in [-0.2, -0.15) is 0 Å². The number of fused-ring (bicyclic) bond motifs is 1. The Kier molecular flexibility index (Phi) is 7.35. The molecule has 0 radical (unpaired) electrons. The van der Waals surface area contributed by atoms with Crippen LogP contribution in [0.2, 0.25) is 0 Å². The van der Waals surface area contributed by atoms with Crippen molar-refractivity contribution in [3.05, 3.63) is 48.0 Å². The van der Waals surface area contributed by atoms with E-state index in [0.29, 0.717) is 17.7 Å².